The first kappa shape index (κ1) is 17.4. The highest BCUT2D eigenvalue weighted by Gasteiger charge is 2.17. The van der Waals surface area contributed by atoms with Crippen LogP contribution in [0, 0.1) is 5.92 Å². The van der Waals surface area contributed by atoms with Gasteiger partial charge in [-0.3, -0.25) is 4.90 Å². The SMILES string of the molecule is Cl.OCCN(Cc1cc(Br)cs1)CC1CCCNC1. The van der Waals surface area contributed by atoms with Crippen LogP contribution >= 0.6 is 39.7 Å². The summed E-state index contributed by atoms with van der Waals surface area (Å²) in [4.78, 5) is 3.73. The molecule has 110 valence electrons. The van der Waals surface area contributed by atoms with Gasteiger partial charge in [-0.05, 0) is 53.8 Å². The fourth-order valence-electron chi connectivity index (χ4n) is 2.48. The van der Waals surface area contributed by atoms with E-state index in [1.165, 1.54) is 17.7 Å². The maximum Gasteiger partial charge on any atom is 0.0558 e. The molecular weight excluding hydrogens is 348 g/mol. The minimum atomic E-state index is 0. The summed E-state index contributed by atoms with van der Waals surface area (Å²) in [6.45, 7) is 5.33. The smallest absolute Gasteiger partial charge is 0.0558 e. The summed E-state index contributed by atoms with van der Waals surface area (Å²) in [5.41, 5.74) is 0. The molecule has 1 atom stereocenters. The zero-order valence-corrected chi connectivity index (χ0v) is 14.2. The van der Waals surface area contributed by atoms with Gasteiger partial charge < -0.3 is 10.4 Å². The van der Waals surface area contributed by atoms with Crippen LogP contribution in [0.3, 0.4) is 0 Å². The third-order valence-electron chi connectivity index (χ3n) is 3.33. The standard InChI is InChI=1S/C13H21BrN2OS.ClH/c14-12-6-13(18-10-12)9-16(4-5-17)8-11-2-1-3-15-7-11;/h6,10-11,15,17H,1-5,7-9H2;1H. The quantitative estimate of drug-likeness (QED) is 0.809. The van der Waals surface area contributed by atoms with Crippen LogP contribution in [0.25, 0.3) is 0 Å². The molecule has 1 saturated heterocycles. The monoisotopic (exact) mass is 368 g/mol. The Labute approximate surface area is 133 Å². The molecule has 19 heavy (non-hydrogen) atoms. The van der Waals surface area contributed by atoms with Crippen LogP contribution in [-0.2, 0) is 6.54 Å². The van der Waals surface area contributed by atoms with E-state index in [1.54, 1.807) is 11.3 Å². The summed E-state index contributed by atoms with van der Waals surface area (Å²) < 4.78 is 1.16. The Bertz CT molecular complexity index is 358. The number of nitrogens with one attached hydrogen (secondary N) is 1. The average Bonchev–Trinajstić information content (AvgIpc) is 2.76. The second-order valence-corrected chi connectivity index (χ2v) is 6.81. The summed E-state index contributed by atoms with van der Waals surface area (Å²) in [7, 11) is 0. The molecular formula is C13H22BrClN2OS. The first-order valence-corrected chi connectivity index (χ1v) is 8.22. The molecule has 1 aliphatic heterocycles. The minimum absolute atomic E-state index is 0. The molecule has 0 saturated carbocycles. The Morgan fingerprint density at radius 2 is 2.37 bits per heavy atom. The first-order chi connectivity index (χ1) is 8.78. The van der Waals surface area contributed by atoms with Gasteiger partial charge in [-0.15, -0.1) is 23.7 Å². The zero-order valence-electron chi connectivity index (χ0n) is 11.0. The Balaban J connectivity index is 0.00000180. The Hall–Kier alpha value is 0.350. The van der Waals surface area contributed by atoms with Crippen LogP contribution in [-0.4, -0.2) is 42.8 Å². The molecule has 2 N–H and O–H groups in total. The Morgan fingerprint density at radius 3 is 2.95 bits per heavy atom. The van der Waals surface area contributed by atoms with Crippen molar-refractivity contribution in [3.05, 3.63) is 20.8 Å². The number of hydrogen-bond donors (Lipinski definition) is 2. The van der Waals surface area contributed by atoms with Gasteiger partial charge in [0.1, 0.15) is 0 Å². The van der Waals surface area contributed by atoms with Crippen molar-refractivity contribution in [1.29, 1.82) is 0 Å². The maximum atomic E-state index is 9.19. The number of rotatable bonds is 6. The minimum Gasteiger partial charge on any atom is -0.395 e. The van der Waals surface area contributed by atoms with E-state index >= 15 is 0 Å². The lowest BCUT2D eigenvalue weighted by Crippen LogP contribution is -2.39. The van der Waals surface area contributed by atoms with Crippen LogP contribution in [0.15, 0.2) is 15.9 Å². The predicted octanol–water partition coefficient (Wildman–Crippen LogP) is 2.73. The van der Waals surface area contributed by atoms with Gasteiger partial charge in [-0.2, -0.15) is 0 Å². The van der Waals surface area contributed by atoms with Gasteiger partial charge in [-0.1, -0.05) is 0 Å². The van der Waals surface area contributed by atoms with Crippen LogP contribution in [0.4, 0.5) is 0 Å². The van der Waals surface area contributed by atoms with Crippen LogP contribution in [0.1, 0.15) is 17.7 Å². The van der Waals surface area contributed by atoms with Crippen molar-refractivity contribution in [2.24, 2.45) is 5.92 Å². The molecule has 1 aromatic rings. The maximum absolute atomic E-state index is 9.19. The number of piperidine rings is 1. The largest absolute Gasteiger partial charge is 0.395 e. The highest BCUT2D eigenvalue weighted by molar-refractivity contribution is 9.10. The number of thiophene rings is 1. The molecule has 2 heterocycles. The van der Waals surface area contributed by atoms with E-state index < -0.39 is 0 Å². The number of aliphatic hydroxyl groups excluding tert-OH is 1. The third kappa shape index (κ3) is 6.10. The Kier molecular flexibility index (Phi) is 8.53. The number of nitrogens with zero attached hydrogens (tertiary/aromatic N) is 1. The van der Waals surface area contributed by atoms with Crippen LogP contribution in [0.2, 0.25) is 0 Å². The summed E-state index contributed by atoms with van der Waals surface area (Å²) in [6.07, 6.45) is 2.59. The summed E-state index contributed by atoms with van der Waals surface area (Å²) in [6, 6.07) is 2.17. The van der Waals surface area contributed by atoms with Gasteiger partial charge in [0.25, 0.3) is 0 Å². The number of aliphatic hydroxyl groups is 1. The van der Waals surface area contributed by atoms with Crippen molar-refractivity contribution >= 4 is 39.7 Å². The molecule has 1 aliphatic rings. The molecule has 3 nitrogen and oxygen atoms in total. The Morgan fingerprint density at radius 1 is 1.53 bits per heavy atom. The molecule has 0 amide bonds. The van der Waals surface area contributed by atoms with E-state index in [9.17, 15) is 5.11 Å². The normalized spacial score (nSPS) is 19.4. The fraction of sp³-hybridized carbons (Fsp3) is 0.692. The predicted molar refractivity (Wildman–Crippen MR) is 87.2 cm³/mol. The van der Waals surface area contributed by atoms with Crippen LogP contribution < -0.4 is 5.32 Å². The molecule has 1 aromatic heterocycles. The zero-order chi connectivity index (χ0) is 12.8. The van der Waals surface area contributed by atoms with Gasteiger partial charge in [0, 0.05) is 34.4 Å². The number of hydrogen-bond acceptors (Lipinski definition) is 4. The van der Waals surface area contributed by atoms with Crippen molar-refractivity contribution in [3.8, 4) is 0 Å². The van der Waals surface area contributed by atoms with Crippen molar-refractivity contribution in [2.75, 3.05) is 32.8 Å². The molecule has 0 spiro atoms. The molecule has 2 rings (SSSR count). The van der Waals surface area contributed by atoms with E-state index in [1.807, 2.05) is 0 Å². The van der Waals surface area contributed by atoms with Gasteiger partial charge in [0.05, 0.1) is 6.61 Å². The summed E-state index contributed by atoms with van der Waals surface area (Å²) >= 11 is 5.27. The van der Waals surface area contributed by atoms with E-state index in [4.69, 9.17) is 0 Å². The molecule has 1 fully saturated rings. The highest BCUT2D eigenvalue weighted by Crippen LogP contribution is 2.22. The molecule has 0 radical (unpaired) electrons. The van der Waals surface area contributed by atoms with Crippen molar-refractivity contribution in [1.82, 2.24) is 10.2 Å². The third-order valence-corrected chi connectivity index (χ3v) is 5.02. The lowest BCUT2D eigenvalue weighted by molar-refractivity contribution is 0.160. The van der Waals surface area contributed by atoms with Gasteiger partial charge in [0.2, 0.25) is 0 Å². The second kappa shape index (κ2) is 9.32. The highest BCUT2D eigenvalue weighted by atomic mass is 79.9. The molecule has 0 bridgehead atoms. The lowest BCUT2D eigenvalue weighted by Gasteiger charge is -2.29. The second-order valence-electron chi connectivity index (χ2n) is 4.90. The van der Waals surface area contributed by atoms with E-state index in [0.717, 1.165) is 43.1 Å². The molecule has 0 aliphatic carbocycles. The van der Waals surface area contributed by atoms with E-state index in [-0.39, 0.29) is 19.0 Å². The van der Waals surface area contributed by atoms with E-state index in [0.29, 0.717) is 0 Å². The van der Waals surface area contributed by atoms with Crippen molar-refractivity contribution in [2.45, 2.75) is 19.4 Å². The summed E-state index contributed by atoms with van der Waals surface area (Å²) in [5, 5.41) is 14.8. The van der Waals surface area contributed by atoms with Crippen molar-refractivity contribution < 1.29 is 5.11 Å². The van der Waals surface area contributed by atoms with Gasteiger partial charge in [-0.25, -0.2) is 0 Å². The van der Waals surface area contributed by atoms with Gasteiger partial charge >= 0.3 is 0 Å². The molecule has 1 unspecified atom stereocenters. The first-order valence-electron chi connectivity index (χ1n) is 6.55. The van der Waals surface area contributed by atoms with Crippen molar-refractivity contribution in [3.63, 3.8) is 0 Å². The van der Waals surface area contributed by atoms with E-state index in [2.05, 4.69) is 37.6 Å². The average molecular weight is 370 g/mol. The topological polar surface area (TPSA) is 35.5 Å². The fourth-order valence-corrected chi connectivity index (χ4v) is 3.97. The lowest BCUT2D eigenvalue weighted by atomic mass is 9.99. The summed E-state index contributed by atoms with van der Waals surface area (Å²) in [5.74, 6) is 0.730. The number of halogens is 2. The van der Waals surface area contributed by atoms with Crippen LogP contribution in [0.5, 0.6) is 0 Å². The molecule has 6 heteroatoms. The molecule has 0 aromatic carbocycles. The van der Waals surface area contributed by atoms with Gasteiger partial charge in [0.15, 0.2) is 0 Å².